The topological polar surface area (TPSA) is 87.2 Å². The van der Waals surface area contributed by atoms with Crippen molar-refractivity contribution in [1.82, 2.24) is 9.78 Å². The van der Waals surface area contributed by atoms with E-state index in [-0.39, 0.29) is 5.75 Å². The lowest BCUT2D eigenvalue weighted by molar-refractivity contribution is 0.0733. The van der Waals surface area contributed by atoms with Gasteiger partial charge in [0, 0.05) is 24.4 Å². The minimum absolute atomic E-state index is 0.254. The van der Waals surface area contributed by atoms with Crippen LogP contribution in [0.4, 0.5) is 0 Å². The van der Waals surface area contributed by atoms with Gasteiger partial charge in [0.05, 0.1) is 11.3 Å². The van der Waals surface area contributed by atoms with Crippen LogP contribution in [0.15, 0.2) is 54.7 Å². The largest absolute Gasteiger partial charge is 0.423 e. The van der Waals surface area contributed by atoms with Gasteiger partial charge >= 0.3 is 5.97 Å². The van der Waals surface area contributed by atoms with E-state index in [1.807, 2.05) is 12.1 Å². The summed E-state index contributed by atoms with van der Waals surface area (Å²) >= 11 is 0. The maximum Gasteiger partial charge on any atom is 0.343 e. The average molecular weight is 335 g/mol. The van der Waals surface area contributed by atoms with Gasteiger partial charge in [0.2, 0.25) is 5.91 Å². The quantitative estimate of drug-likeness (QED) is 0.586. The Morgan fingerprint density at radius 1 is 1.12 bits per heavy atom. The SMILES string of the molecule is Cc1c(C(N)=O)cc(OC(=O)c2ccccc2)cc1-c1ccnn1C. The number of ether oxygens (including phenoxy) is 1. The highest BCUT2D eigenvalue weighted by Crippen LogP contribution is 2.30. The highest BCUT2D eigenvalue weighted by molar-refractivity contribution is 5.97. The van der Waals surface area contributed by atoms with Crippen LogP contribution in [0.5, 0.6) is 5.75 Å². The van der Waals surface area contributed by atoms with Gasteiger partial charge in [-0.05, 0) is 42.8 Å². The van der Waals surface area contributed by atoms with Crippen LogP contribution in [-0.4, -0.2) is 21.7 Å². The van der Waals surface area contributed by atoms with Gasteiger partial charge in [-0.2, -0.15) is 5.10 Å². The molecule has 2 aromatic carbocycles. The zero-order valence-electron chi connectivity index (χ0n) is 13.9. The van der Waals surface area contributed by atoms with Gasteiger partial charge in [-0.15, -0.1) is 0 Å². The summed E-state index contributed by atoms with van der Waals surface area (Å²) in [4.78, 5) is 24.1. The van der Waals surface area contributed by atoms with E-state index in [9.17, 15) is 9.59 Å². The molecule has 0 atom stereocenters. The molecule has 0 radical (unpaired) electrons. The number of primary amides is 1. The third-order valence-electron chi connectivity index (χ3n) is 3.96. The lowest BCUT2D eigenvalue weighted by atomic mass is 9.99. The monoisotopic (exact) mass is 335 g/mol. The van der Waals surface area contributed by atoms with Crippen molar-refractivity contribution in [3.05, 3.63) is 71.4 Å². The summed E-state index contributed by atoms with van der Waals surface area (Å²) in [5.74, 6) is -0.834. The second-order valence-electron chi connectivity index (χ2n) is 5.60. The highest BCUT2D eigenvalue weighted by Gasteiger charge is 2.17. The molecule has 0 spiro atoms. The molecule has 0 fully saturated rings. The van der Waals surface area contributed by atoms with Crippen molar-refractivity contribution in [3.63, 3.8) is 0 Å². The van der Waals surface area contributed by atoms with E-state index in [4.69, 9.17) is 10.5 Å². The highest BCUT2D eigenvalue weighted by atomic mass is 16.5. The molecule has 0 bridgehead atoms. The Labute approximate surface area is 144 Å². The van der Waals surface area contributed by atoms with E-state index in [1.165, 1.54) is 6.07 Å². The summed E-state index contributed by atoms with van der Waals surface area (Å²) in [5.41, 5.74) is 8.43. The first kappa shape index (κ1) is 16.4. The molecular weight excluding hydrogens is 318 g/mol. The number of nitrogens with two attached hydrogens (primary N) is 1. The fourth-order valence-electron chi connectivity index (χ4n) is 2.65. The number of nitrogens with zero attached hydrogens (tertiary/aromatic N) is 2. The molecule has 6 heteroatoms. The molecule has 0 saturated carbocycles. The molecule has 1 heterocycles. The maximum absolute atomic E-state index is 12.3. The maximum atomic E-state index is 12.3. The molecule has 0 aliphatic rings. The minimum atomic E-state index is -0.585. The van der Waals surface area contributed by atoms with Crippen LogP contribution >= 0.6 is 0 Å². The van der Waals surface area contributed by atoms with Crippen LogP contribution in [0.2, 0.25) is 0 Å². The number of carbonyl (C=O) groups excluding carboxylic acids is 2. The lowest BCUT2D eigenvalue weighted by Gasteiger charge is -2.13. The second-order valence-corrected chi connectivity index (χ2v) is 5.60. The summed E-state index contributed by atoms with van der Waals surface area (Å²) < 4.78 is 7.12. The molecule has 0 unspecified atom stereocenters. The van der Waals surface area contributed by atoms with Crippen LogP contribution in [0.3, 0.4) is 0 Å². The van der Waals surface area contributed by atoms with Crippen LogP contribution in [0.25, 0.3) is 11.3 Å². The molecule has 6 nitrogen and oxygen atoms in total. The smallest absolute Gasteiger partial charge is 0.343 e. The first-order valence-electron chi connectivity index (χ1n) is 7.67. The third kappa shape index (κ3) is 3.28. The minimum Gasteiger partial charge on any atom is -0.423 e. The van der Waals surface area contributed by atoms with Crippen molar-refractivity contribution >= 4 is 11.9 Å². The summed E-state index contributed by atoms with van der Waals surface area (Å²) in [6.07, 6.45) is 1.65. The van der Waals surface area contributed by atoms with Gasteiger partial charge in [-0.3, -0.25) is 9.48 Å². The summed E-state index contributed by atoms with van der Waals surface area (Å²) in [6, 6.07) is 13.6. The van der Waals surface area contributed by atoms with Crippen molar-refractivity contribution in [3.8, 4) is 17.0 Å². The number of esters is 1. The number of aryl methyl sites for hydroxylation is 1. The van der Waals surface area contributed by atoms with E-state index in [1.54, 1.807) is 55.2 Å². The Morgan fingerprint density at radius 3 is 2.44 bits per heavy atom. The van der Waals surface area contributed by atoms with Crippen molar-refractivity contribution < 1.29 is 14.3 Å². The third-order valence-corrected chi connectivity index (χ3v) is 3.96. The fraction of sp³-hybridized carbons (Fsp3) is 0.105. The predicted octanol–water partition coefficient (Wildman–Crippen LogP) is 2.71. The molecule has 1 aromatic heterocycles. The van der Waals surface area contributed by atoms with Crippen LogP contribution in [0, 0.1) is 6.92 Å². The molecule has 25 heavy (non-hydrogen) atoms. The Balaban J connectivity index is 2.05. The van der Waals surface area contributed by atoms with Gasteiger partial charge in [0.15, 0.2) is 0 Å². The molecule has 0 aliphatic carbocycles. The molecule has 126 valence electrons. The number of aromatic nitrogens is 2. The molecule has 2 N–H and O–H groups in total. The van der Waals surface area contributed by atoms with E-state index >= 15 is 0 Å². The number of rotatable bonds is 4. The summed E-state index contributed by atoms with van der Waals surface area (Å²) in [5, 5.41) is 4.14. The predicted molar refractivity (Wildman–Crippen MR) is 93.3 cm³/mol. The van der Waals surface area contributed by atoms with Crippen LogP contribution in [-0.2, 0) is 7.05 Å². The molecule has 0 saturated heterocycles. The van der Waals surface area contributed by atoms with Gasteiger partial charge in [-0.1, -0.05) is 18.2 Å². The Morgan fingerprint density at radius 2 is 1.84 bits per heavy atom. The van der Waals surface area contributed by atoms with Crippen molar-refractivity contribution in [1.29, 1.82) is 0 Å². The summed E-state index contributed by atoms with van der Waals surface area (Å²) in [6.45, 7) is 1.80. The average Bonchev–Trinajstić information content (AvgIpc) is 3.02. The number of benzene rings is 2. The lowest BCUT2D eigenvalue weighted by Crippen LogP contribution is -2.15. The van der Waals surface area contributed by atoms with Crippen LogP contribution in [0.1, 0.15) is 26.3 Å². The first-order valence-corrected chi connectivity index (χ1v) is 7.67. The standard InChI is InChI=1S/C19H17N3O3/c1-12-15(17-8-9-21-22(17)2)10-14(11-16(12)18(20)23)25-19(24)13-6-4-3-5-7-13/h3-11H,1-2H3,(H2,20,23). The second kappa shape index (κ2) is 6.60. The summed E-state index contributed by atoms with van der Waals surface area (Å²) in [7, 11) is 1.79. The molecule has 3 aromatic rings. The van der Waals surface area contributed by atoms with Crippen molar-refractivity contribution in [2.75, 3.05) is 0 Å². The molecular formula is C19H17N3O3. The molecule has 1 amide bonds. The number of carbonyl (C=O) groups is 2. The Bertz CT molecular complexity index is 946. The van der Waals surface area contributed by atoms with Crippen LogP contribution < -0.4 is 10.5 Å². The van der Waals surface area contributed by atoms with Gasteiger partial charge in [0.25, 0.3) is 0 Å². The number of amides is 1. The van der Waals surface area contributed by atoms with Crippen molar-refractivity contribution in [2.24, 2.45) is 12.8 Å². The van der Waals surface area contributed by atoms with E-state index < -0.39 is 11.9 Å². The Kier molecular flexibility index (Phi) is 4.35. The number of hydrogen-bond acceptors (Lipinski definition) is 4. The van der Waals surface area contributed by atoms with E-state index in [2.05, 4.69) is 5.10 Å². The molecule has 3 rings (SSSR count). The van der Waals surface area contributed by atoms with E-state index in [0.717, 1.165) is 11.3 Å². The normalized spacial score (nSPS) is 10.5. The van der Waals surface area contributed by atoms with Crippen molar-refractivity contribution in [2.45, 2.75) is 6.92 Å². The zero-order chi connectivity index (χ0) is 18.0. The zero-order valence-corrected chi connectivity index (χ0v) is 13.9. The van der Waals surface area contributed by atoms with E-state index in [0.29, 0.717) is 16.7 Å². The van der Waals surface area contributed by atoms with Gasteiger partial charge in [0.1, 0.15) is 5.75 Å². The molecule has 0 aliphatic heterocycles. The number of hydrogen-bond donors (Lipinski definition) is 1. The first-order chi connectivity index (χ1) is 12.0. The Hall–Kier alpha value is -3.41. The van der Waals surface area contributed by atoms with Gasteiger partial charge < -0.3 is 10.5 Å². The fourth-order valence-corrected chi connectivity index (χ4v) is 2.65. The van der Waals surface area contributed by atoms with Gasteiger partial charge in [-0.25, -0.2) is 4.79 Å².